The molecule has 2 rings (SSSR count). The molecule has 0 unspecified atom stereocenters. The number of rotatable bonds is 6. The fourth-order valence-electron chi connectivity index (χ4n) is 2.86. The molecule has 8 heteroatoms. The molecule has 1 fully saturated rings. The van der Waals surface area contributed by atoms with Gasteiger partial charge in [0.15, 0.2) is 0 Å². The van der Waals surface area contributed by atoms with E-state index in [1.807, 2.05) is 37.1 Å². The molecular weight excluding hydrogens is 366 g/mol. The van der Waals surface area contributed by atoms with Crippen LogP contribution in [0.2, 0.25) is 0 Å². The molecule has 1 saturated heterocycles. The van der Waals surface area contributed by atoms with Crippen molar-refractivity contribution in [3.05, 3.63) is 22.4 Å². The Bertz CT molecular complexity index is 632. The quantitative estimate of drug-likeness (QED) is 0.775. The lowest BCUT2D eigenvalue weighted by molar-refractivity contribution is -0.132. The molecule has 27 heavy (non-hydrogen) atoms. The van der Waals surface area contributed by atoms with Crippen molar-refractivity contribution in [3.8, 4) is 0 Å². The predicted molar refractivity (Wildman–Crippen MR) is 105 cm³/mol. The van der Waals surface area contributed by atoms with E-state index in [0.29, 0.717) is 43.4 Å². The molecule has 2 N–H and O–H groups in total. The molecule has 0 spiro atoms. The largest absolute Gasteiger partial charge is 0.444 e. The summed E-state index contributed by atoms with van der Waals surface area (Å²) < 4.78 is 5.23. The van der Waals surface area contributed by atoms with Crippen LogP contribution in [0.3, 0.4) is 0 Å². The van der Waals surface area contributed by atoms with Crippen LogP contribution in [0.1, 0.15) is 49.7 Å². The molecule has 2 heterocycles. The van der Waals surface area contributed by atoms with Gasteiger partial charge in [-0.15, -0.1) is 11.3 Å². The Hall–Kier alpha value is -2.09. The Balaban J connectivity index is 1.61. The lowest BCUT2D eigenvalue weighted by atomic mass is 9.96. The van der Waals surface area contributed by atoms with E-state index in [1.165, 1.54) is 11.3 Å². The Morgan fingerprint density at radius 3 is 2.52 bits per heavy atom. The number of amides is 3. The monoisotopic (exact) mass is 395 g/mol. The van der Waals surface area contributed by atoms with Crippen LogP contribution in [0.4, 0.5) is 4.79 Å². The first kappa shape index (κ1) is 21.2. The lowest BCUT2D eigenvalue weighted by Crippen LogP contribution is -2.43. The summed E-state index contributed by atoms with van der Waals surface area (Å²) in [6.07, 6.45) is 1.60. The van der Waals surface area contributed by atoms with Crippen LogP contribution >= 0.6 is 11.3 Å². The number of piperidine rings is 1. The highest BCUT2D eigenvalue weighted by Gasteiger charge is 2.24. The van der Waals surface area contributed by atoms with Gasteiger partial charge in [0, 0.05) is 32.6 Å². The molecule has 1 aliphatic heterocycles. The van der Waals surface area contributed by atoms with E-state index in [1.54, 1.807) is 6.07 Å². The van der Waals surface area contributed by atoms with E-state index in [0.717, 1.165) is 12.8 Å². The van der Waals surface area contributed by atoms with Crippen molar-refractivity contribution >= 4 is 29.2 Å². The van der Waals surface area contributed by atoms with Crippen LogP contribution in [0.5, 0.6) is 0 Å². The minimum absolute atomic E-state index is 0.0556. The van der Waals surface area contributed by atoms with Gasteiger partial charge in [-0.3, -0.25) is 9.59 Å². The third-order valence-corrected chi connectivity index (χ3v) is 5.14. The SMILES string of the molecule is CC(C)(C)OC(=O)NCC1CCN(C(=O)CCNC(=O)c2cccs2)CC1. The summed E-state index contributed by atoms with van der Waals surface area (Å²) >= 11 is 1.38. The molecule has 1 aliphatic rings. The van der Waals surface area contributed by atoms with Crippen molar-refractivity contribution in [1.29, 1.82) is 0 Å². The molecule has 0 bridgehead atoms. The summed E-state index contributed by atoms with van der Waals surface area (Å²) in [6.45, 7) is 7.76. The first-order valence-corrected chi connectivity index (χ1v) is 10.2. The van der Waals surface area contributed by atoms with Crippen molar-refractivity contribution in [2.75, 3.05) is 26.2 Å². The van der Waals surface area contributed by atoms with Gasteiger partial charge in [0.25, 0.3) is 5.91 Å². The zero-order valence-electron chi connectivity index (χ0n) is 16.2. The van der Waals surface area contributed by atoms with E-state index in [2.05, 4.69) is 10.6 Å². The van der Waals surface area contributed by atoms with Crippen molar-refractivity contribution in [1.82, 2.24) is 15.5 Å². The Morgan fingerprint density at radius 2 is 1.93 bits per heavy atom. The smallest absolute Gasteiger partial charge is 0.407 e. The summed E-state index contributed by atoms with van der Waals surface area (Å²) in [5.74, 6) is 0.268. The molecule has 3 amide bonds. The highest BCUT2D eigenvalue weighted by molar-refractivity contribution is 7.12. The zero-order valence-corrected chi connectivity index (χ0v) is 17.1. The molecular formula is C19H29N3O4S. The number of thiophene rings is 1. The van der Waals surface area contributed by atoms with Crippen molar-refractivity contribution in [2.45, 2.75) is 45.6 Å². The van der Waals surface area contributed by atoms with Crippen molar-refractivity contribution in [2.24, 2.45) is 5.92 Å². The fraction of sp³-hybridized carbons (Fsp3) is 0.632. The number of hydrogen-bond acceptors (Lipinski definition) is 5. The van der Waals surface area contributed by atoms with Crippen LogP contribution in [-0.2, 0) is 9.53 Å². The van der Waals surface area contributed by atoms with Gasteiger partial charge in [0.05, 0.1) is 4.88 Å². The van der Waals surface area contributed by atoms with E-state index in [4.69, 9.17) is 4.74 Å². The molecule has 0 aliphatic carbocycles. The Kier molecular flexibility index (Phi) is 7.65. The predicted octanol–water partition coefficient (Wildman–Crippen LogP) is 2.63. The number of ether oxygens (including phenoxy) is 1. The molecule has 7 nitrogen and oxygen atoms in total. The molecule has 0 atom stereocenters. The topological polar surface area (TPSA) is 87.7 Å². The van der Waals surface area contributed by atoms with Gasteiger partial charge in [-0.2, -0.15) is 0 Å². The van der Waals surface area contributed by atoms with Gasteiger partial charge < -0.3 is 20.3 Å². The van der Waals surface area contributed by atoms with Crippen LogP contribution in [-0.4, -0.2) is 54.6 Å². The van der Waals surface area contributed by atoms with E-state index < -0.39 is 11.7 Å². The average Bonchev–Trinajstić information content (AvgIpc) is 3.13. The van der Waals surface area contributed by atoms with Gasteiger partial charge >= 0.3 is 6.09 Å². The number of nitrogens with one attached hydrogen (secondary N) is 2. The zero-order chi connectivity index (χ0) is 19.9. The van der Waals surface area contributed by atoms with Crippen LogP contribution < -0.4 is 10.6 Å². The number of alkyl carbamates (subject to hydrolysis) is 1. The summed E-state index contributed by atoms with van der Waals surface area (Å²) in [6, 6.07) is 3.59. The Labute approximate surface area is 164 Å². The number of likely N-dealkylation sites (tertiary alicyclic amines) is 1. The van der Waals surface area contributed by atoms with Crippen LogP contribution in [0.15, 0.2) is 17.5 Å². The van der Waals surface area contributed by atoms with Crippen molar-refractivity contribution in [3.63, 3.8) is 0 Å². The van der Waals surface area contributed by atoms with Gasteiger partial charge in [0.1, 0.15) is 5.60 Å². The number of carbonyl (C=O) groups excluding carboxylic acids is 3. The third kappa shape index (κ3) is 7.58. The summed E-state index contributed by atoms with van der Waals surface area (Å²) in [5.41, 5.74) is -0.501. The fourth-order valence-corrected chi connectivity index (χ4v) is 3.50. The molecule has 0 radical (unpaired) electrons. The summed E-state index contributed by atoms with van der Waals surface area (Å²) in [7, 11) is 0. The van der Waals surface area contributed by atoms with Crippen molar-refractivity contribution < 1.29 is 19.1 Å². The van der Waals surface area contributed by atoms with E-state index in [-0.39, 0.29) is 11.8 Å². The molecule has 0 aromatic carbocycles. The molecule has 1 aromatic rings. The maximum Gasteiger partial charge on any atom is 0.407 e. The second-order valence-corrected chi connectivity index (χ2v) is 8.64. The first-order chi connectivity index (χ1) is 12.7. The highest BCUT2D eigenvalue weighted by Crippen LogP contribution is 2.17. The summed E-state index contributed by atoms with van der Waals surface area (Å²) in [4.78, 5) is 38.3. The standard InChI is InChI=1S/C19H29N3O4S/c1-19(2,3)26-18(25)21-13-14-7-10-22(11-8-14)16(23)6-9-20-17(24)15-5-4-12-27-15/h4-5,12,14H,6-11,13H2,1-3H3,(H,20,24)(H,21,25). The molecule has 150 valence electrons. The highest BCUT2D eigenvalue weighted by atomic mass is 32.1. The van der Waals surface area contributed by atoms with Crippen LogP contribution in [0, 0.1) is 5.92 Å². The maximum absolute atomic E-state index is 12.3. The second-order valence-electron chi connectivity index (χ2n) is 7.69. The first-order valence-electron chi connectivity index (χ1n) is 9.31. The normalized spacial score (nSPS) is 15.3. The molecule has 1 aromatic heterocycles. The Morgan fingerprint density at radius 1 is 1.22 bits per heavy atom. The van der Waals surface area contributed by atoms with Gasteiger partial charge in [-0.25, -0.2) is 4.79 Å². The lowest BCUT2D eigenvalue weighted by Gasteiger charge is -2.32. The number of hydrogen-bond donors (Lipinski definition) is 2. The second kappa shape index (κ2) is 9.73. The average molecular weight is 396 g/mol. The molecule has 0 saturated carbocycles. The number of nitrogens with zero attached hydrogens (tertiary/aromatic N) is 1. The minimum Gasteiger partial charge on any atom is -0.444 e. The van der Waals surface area contributed by atoms with Gasteiger partial charge in [0.2, 0.25) is 5.91 Å². The summed E-state index contributed by atoms with van der Waals surface area (Å²) in [5, 5.41) is 7.43. The van der Waals surface area contributed by atoms with Gasteiger partial charge in [-0.05, 0) is 51.0 Å². The minimum atomic E-state index is -0.501. The van der Waals surface area contributed by atoms with Gasteiger partial charge in [-0.1, -0.05) is 6.07 Å². The maximum atomic E-state index is 12.3. The number of carbonyl (C=O) groups is 3. The van der Waals surface area contributed by atoms with Crippen LogP contribution in [0.25, 0.3) is 0 Å². The third-order valence-electron chi connectivity index (χ3n) is 4.27. The van der Waals surface area contributed by atoms with E-state index >= 15 is 0 Å². The van der Waals surface area contributed by atoms with E-state index in [9.17, 15) is 14.4 Å².